The SMILES string of the molecule is CC(C)C(CC(=O)O)NC(=O)Nc1cc(C#N)ccc1Cl. The van der Waals surface area contributed by atoms with Gasteiger partial charge in [0.1, 0.15) is 0 Å². The van der Waals surface area contributed by atoms with Crippen LogP contribution in [0.4, 0.5) is 10.5 Å². The monoisotopic (exact) mass is 309 g/mol. The number of benzene rings is 1. The highest BCUT2D eigenvalue weighted by atomic mass is 35.5. The second-order valence-corrected chi connectivity index (χ2v) is 5.26. The molecule has 0 radical (unpaired) electrons. The molecule has 7 heteroatoms. The first-order valence-electron chi connectivity index (χ1n) is 6.32. The third kappa shape index (κ3) is 5.32. The second kappa shape index (κ2) is 7.50. The van der Waals surface area contributed by atoms with E-state index < -0.39 is 18.0 Å². The maximum atomic E-state index is 11.9. The number of amides is 2. The summed E-state index contributed by atoms with van der Waals surface area (Å²) in [5.41, 5.74) is 0.659. The Kier molecular flexibility index (Phi) is 6.00. The van der Waals surface area contributed by atoms with Gasteiger partial charge in [-0.05, 0) is 24.1 Å². The lowest BCUT2D eigenvalue weighted by atomic mass is 10.0. The highest BCUT2D eigenvalue weighted by Gasteiger charge is 2.19. The molecule has 0 fully saturated rings. The predicted molar refractivity (Wildman–Crippen MR) is 79.2 cm³/mol. The van der Waals surface area contributed by atoms with Crippen molar-refractivity contribution in [3.8, 4) is 6.07 Å². The van der Waals surface area contributed by atoms with Gasteiger partial charge in [0, 0.05) is 6.04 Å². The molecule has 0 saturated heterocycles. The molecule has 0 spiro atoms. The van der Waals surface area contributed by atoms with Crippen LogP contribution < -0.4 is 10.6 Å². The lowest BCUT2D eigenvalue weighted by Crippen LogP contribution is -2.42. The van der Waals surface area contributed by atoms with Crippen LogP contribution in [-0.4, -0.2) is 23.1 Å². The van der Waals surface area contributed by atoms with Crippen LogP contribution in [0, 0.1) is 17.2 Å². The maximum Gasteiger partial charge on any atom is 0.319 e. The fraction of sp³-hybridized carbons (Fsp3) is 0.357. The van der Waals surface area contributed by atoms with E-state index in [-0.39, 0.29) is 12.3 Å². The molecule has 1 atom stereocenters. The maximum absolute atomic E-state index is 11.9. The standard InChI is InChI=1S/C14H16ClN3O3/c1-8(2)11(6-13(19)20)17-14(21)18-12-5-9(7-16)3-4-10(12)15/h3-5,8,11H,6H2,1-2H3,(H,19,20)(H2,17,18,21). The van der Waals surface area contributed by atoms with Gasteiger partial charge in [0.15, 0.2) is 0 Å². The van der Waals surface area contributed by atoms with E-state index in [4.69, 9.17) is 22.0 Å². The van der Waals surface area contributed by atoms with Gasteiger partial charge in [0.25, 0.3) is 0 Å². The first-order chi connectivity index (χ1) is 9.83. The van der Waals surface area contributed by atoms with Crippen molar-refractivity contribution >= 4 is 29.3 Å². The number of nitrogens with one attached hydrogen (secondary N) is 2. The number of hydrogen-bond acceptors (Lipinski definition) is 3. The molecule has 0 aliphatic rings. The number of carboxylic acid groups (broad SMARTS) is 1. The minimum atomic E-state index is -0.987. The smallest absolute Gasteiger partial charge is 0.319 e. The number of nitriles is 1. The minimum absolute atomic E-state index is 0.0345. The number of hydrogen-bond donors (Lipinski definition) is 3. The molecular formula is C14H16ClN3O3. The zero-order chi connectivity index (χ0) is 16.0. The molecule has 2 amide bonds. The van der Waals surface area contributed by atoms with Crippen LogP contribution in [0.5, 0.6) is 0 Å². The number of halogens is 1. The van der Waals surface area contributed by atoms with Gasteiger partial charge >= 0.3 is 12.0 Å². The Morgan fingerprint density at radius 3 is 2.62 bits per heavy atom. The lowest BCUT2D eigenvalue weighted by Gasteiger charge is -2.21. The molecule has 1 unspecified atom stereocenters. The van der Waals surface area contributed by atoms with Crippen molar-refractivity contribution in [1.29, 1.82) is 5.26 Å². The van der Waals surface area contributed by atoms with E-state index in [0.717, 1.165) is 0 Å². The van der Waals surface area contributed by atoms with E-state index in [1.165, 1.54) is 18.2 Å². The third-order valence-corrected chi connectivity index (χ3v) is 3.19. The molecule has 3 N–H and O–H groups in total. The molecule has 0 aromatic heterocycles. The van der Waals surface area contributed by atoms with E-state index >= 15 is 0 Å². The first-order valence-corrected chi connectivity index (χ1v) is 6.70. The molecule has 0 aliphatic carbocycles. The van der Waals surface area contributed by atoms with Gasteiger partial charge in [-0.1, -0.05) is 25.4 Å². The summed E-state index contributed by atoms with van der Waals surface area (Å²) in [6.45, 7) is 3.63. The van der Waals surface area contributed by atoms with Crippen molar-refractivity contribution in [1.82, 2.24) is 5.32 Å². The number of carbonyl (C=O) groups is 2. The summed E-state index contributed by atoms with van der Waals surface area (Å²) in [5, 5.41) is 23.0. The Labute approximate surface area is 127 Å². The Morgan fingerprint density at radius 2 is 2.10 bits per heavy atom. The average molecular weight is 310 g/mol. The van der Waals surface area contributed by atoms with Gasteiger partial charge < -0.3 is 15.7 Å². The summed E-state index contributed by atoms with van der Waals surface area (Å²) in [6, 6.07) is 5.37. The van der Waals surface area contributed by atoms with Crippen LogP contribution in [0.2, 0.25) is 5.02 Å². The van der Waals surface area contributed by atoms with Crippen LogP contribution in [0.1, 0.15) is 25.8 Å². The van der Waals surface area contributed by atoms with E-state index in [0.29, 0.717) is 16.3 Å². The number of urea groups is 1. The number of rotatable bonds is 5. The summed E-state index contributed by atoms with van der Waals surface area (Å²) in [4.78, 5) is 22.7. The van der Waals surface area contributed by atoms with Crippen LogP contribution in [-0.2, 0) is 4.79 Å². The zero-order valence-corrected chi connectivity index (χ0v) is 12.4. The summed E-state index contributed by atoms with van der Waals surface area (Å²) < 4.78 is 0. The van der Waals surface area contributed by atoms with Crippen molar-refractivity contribution in [3.05, 3.63) is 28.8 Å². The van der Waals surface area contributed by atoms with Crippen molar-refractivity contribution in [3.63, 3.8) is 0 Å². The molecule has 1 aromatic rings. The quantitative estimate of drug-likeness (QED) is 0.778. The molecule has 0 bridgehead atoms. The Hall–Kier alpha value is -2.26. The van der Waals surface area contributed by atoms with Crippen molar-refractivity contribution in [2.45, 2.75) is 26.3 Å². The normalized spacial score (nSPS) is 11.6. The number of anilines is 1. The predicted octanol–water partition coefficient (Wildman–Crippen LogP) is 2.83. The highest BCUT2D eigenvalue weighted by Crippen LogP contribution is 2.22. The van der Waals surface area contributed by atoms with Gasteiger partial charge in [0.2, 0.25) is 0 Å². The number of carboxylic acids is 1. The Morgan fingerprint density at radius 1 is 1.43 bits per heavy atom. The Balaban J connectivity index is 2.77. The van der Waals surface area contributed by atoms with Crippen LogP contribution in [0.15, 0.2) is 18.2 Å². The highest BCUT2D eigenvalue weighted by molar-refractivity contribution is 6.33. The summed E-state index contributed by atoms with van der Waals surface area (Å²) >= 11 is 5.93. The second-order valence-electron chi connectivity index (χ2n) is 4.85. The molecule has 0 saturated carbocycles. The molecule has 0 aliphatic heterocycles. The fourth-order valence-corrected chi connectivity index (χ4v) is 1.82. The molecule has 112 valence electrons. The van der Waals surface area contributed by atoms with Crippen LogP contribution in [0.25, 0.3) is 0 Å². The third-order valence-electron chi connectivity index (χ3n) is 2.86. The van der Waals surface area contributed by atoms with E-state index in [9.17, 15) is 9.59 Å². The van der Waals surface area contributed by atoms with Crippen LogP contribution >= 0.6 is 11.6 Å². The van der Waals surface area contributed by atoms with E-state index in [1.807, 2.05) is 19.9 Å². The van der Waals surface area contributed by atoms with Gasteiger partial charge in [-0.3, -0.25) is 4.79 Å². The number of carbonyl (C=O) groups excluding carboxylic acids is 1. The fourth-order valence-electron chi connectivity index (χ4n) is 1.66. The molecule has 1 rings (SSSR count). The molecule has 0 heterocycles. The number of aliphatic carboxylic acids is 1. The van der Waals surface area contributed by atoms with Crippen molar-refractivity contribution < 1.29 is 14.7 Å². The van der Waals surface area contributed by atoms with E-state index in [1.54, 1.807) is 0 Å². The topological polar surface area (TPSA) is 102 Å². The van der Waals surface area contributed by atoms with Gasteiger partial charge in [0.05, 0.1) is 28.8 Å². The number of nitrogens with zero attached hydrogens (tertiary/aromatic N) is 1. The molecule has 21 heavy (non-hydrogen) atoms. The summed E-state index contributed by atoms with van der Waals surface area (Å²) in [7, 11) is 0. The van der Waals surface area contributed by atoms with E-state index in [2.05, 4.69) is 10.6 Å². The first kappa shape index (κ1) is 16.8. The molecule has 6 nitrogen and oxygen atoms in total. The van der Waals surface area contributed by atoms with Gasteiger partial charge in [-0.15, -0.1) is 0 Å². The van der Waals surface area contributed by atoms with Crippen molar-refractivity contribution in [2.75, 3.05) is 5.32 Å². The average Bonchev–Trinajstić information content (AvgIpc) is 2.39. The lowest BCUT2D eigenvalue weighted by molar-refractivity contribution is -0.137. The molecule has 1 aromatic carbocycles. The largest absolute Gasteiger partial charge is 0.481 e. The zero-order valence-electron chi connectivity index (χ0n) is 11.7. The Bertz CT molecular complexity index is 581. The van der Waals surface area contributed by atoms with Crippen molar-refractivity contribution in [2.24, 2.45) is 5.92 Å². The summed E-state index contributed by atoms with van der Waals surface area (Å²) in [6.07, 6.45) is -0.170. The minimum Gasteiger partial charge on any atom is -0.481 e. The summed E-state index contributed by atoms with van der Waals surface area (Å²) in [5.74, 6) is -1.02. The molecular weight excluding hydrogens is 294 g/mol. The van der Waals surface area contributed by atoms with Gasteiger partial charge in [-0.2, -0.15) is 5.26 Å². The van der Waals surface area contributed by atoms with Crippen LogP contribution in [0.3, 0.4) is 0 Å². The van der Waals surface area contributed by atoms with Gasteiger partial charge in [-0.25, -0.2) is 4.79 Å².